The number of nitrogens with one attached hydrogen (secondary N) is 1. The summed E-state index contributed by atoms with van der Waals surface area (Å²) in [5, 5.41) is 0. The molecule has 0 spiro atoms. The van der Waals surface area contributed by atoms with Gasteiger partial charge in [0, 0.05) is 12.1 Å². The number of amides is 1. The lowest BCUT2D eigenvalue weighted by molar-refractivity contribution is -0.118. The van der Waals surface area contributed by atoms with Crippen LogP contribution < -0.4 is 9.03 Å². The van der Waals surface area contributed by atoms with Gasteiger partial charge in [0.2, 0.25) is 5.91 Å². The molecule has 2 aromatic carbocycles. The maximum Gasteiger partial charge on any atom is 0.326 e. The first-order valence-corrected chi connectivity index (χ1v) is 9.48. The molecule has 0 aromatic heterocycles. The van der Waals surface area contributed by atoms with Gasteiger partial charge in [0.15, 0.2) is 0 Å². The lowest BCUT2D eigenvalue weighted by Gasteiger charge is -2.30. The summed E-state index contributed by atoms with van der Waals surface area (Å²) in [6.45, 7) is 1.99. The van der Waals surface area contributed by atoms with E-state index in [0.29, 0.717) is 24.2 Å². The quantitative estimate of drug-likeness (QED) is 0.909. The van der Waals surface area contributed by atoms with Crippen LogP contribution >= 0.6 is 0 Å². The van der Waals surface area contributed by atoms with E-state index in [9.17, 15) is 17.6 Å². The first-order valence-electron chi connectivity index (χ1n) is 8.03. The third-order valence-electron chi connectivity index (χ3n) is 4.29. The van der Waals surface area contributed by atoms with Crippen molar-refractivity contribution in [3.05, 3.63) is 65.0 Å². The third-order valence-corrected chi connectivity index (χ3v) is 5.74. The summed E-state index contributed by atoms with van der Waals surface area (Å²) in [5.74, 6) is -1.27. The van der Waals surface area contributed by atoms with Crippen LogP contribution in [-0.2, 0) is 27.8 Å². The molecule has 1 heterocycles. The van der Waals surface area contributed by atoms with E-state index in [1.54, 1.807) is 31.2 Å². The SMILES string of the molecule is Cc1cccc(F)c1CC(=O)NS(=O)(=O)N1CCCc2ccccc21. The fourth-order valence-electron chi connectivity index (χ4n) is 3.03. The van der Waals surface area contributed by atoms with Crippen molar-refractivity contribution >= 4 is 21.8 Å². The van der Waals surface area contributed by atoms with Gasteiger partial charge >= 0.3 is 10.2 Å². The summed E-state index contributed by atoms with van der Waals surface area (Å²) in [4.78, 5) is 12.2. The van der Waals surface area contributed by atoms with Gasteiger partial charge in [-0.25, -0.2) is 9.11 Å². The molecule has 0 atom stereocenters. The van der Waals surface area contributed by atoms with E-state index >= 15 is 0 Å². The minimum Gasteiger partial charge on any atom is -0.274 e. The van der Waals surface area contributed by atoms with E-state index in [1.165, 1.54) is 10.4 Å². The van der Waals surface area contributed by atoms with Gasteiger partial charge in [-0.2, -0.15) is 8.42 Å². The van der Waals surface area contributed by atoms with Gasteiger partial charge in [0.25, 0.3) is 0 Å². The molecule has 1 aliphatic rings. The smallest absolute Gasteiger partial charge is 0.274 e. The molecule has 132 valence electrons. The Morgan fingerprint density at radius 2 is 1.96 bits per heavy atom. The zero-order valence-electron chi connectivity index (χ0n) is 13.8. The molecule has 1 aliphatic heterocycles. The third kappa shape index (κ3) is 3.66. The molecular weight excluding hydrogens is 343 g/mol. The van der Waals surface area contributed by atoms with E-state index in [2.05, 4.69) is 4.72 Å². The Balaban J connectivity index is 1.79. The van der Waals surface area contributed by atoms with Crippen molar-refractivity contribution in [1.82, 2.24) is 4.72 Å². The molecule has 1 N–H and O–H groups in total. The van der Waals surface area contributed by atoms with Gasteiger partial charge in [-0.05, 0) is 43.0 Å². The average molecular weight is 362 g/mol. The largest absolute Gasteiger partial charge is 0.326 e. The number of fused-ring (bicyclic) bond motifs is 1. The first kappa shape index (κ1) is 17.4. The van der Waals surface area contributed by atoms with Gasteiger partial charge in [0.05, 0.1) is 12.1 Å². The molecule has 0 bridgehead atoms. The summed E-state index contributed by atoms with van der Waals surface area (Å²) in [6, 6.07) is 11.7. The fraction of sp³-hybridized carbons (Fsp3) is 0.278. The predicted molar refractivity (Wildman–Crippen MR) is 94.0 cm³/mol. The van der Waals surface area contributed by atoms with Crippen molar-refractivity contribution in [1.29, 1.82) is 0 Å². The Morgan fingerprint density at radius 3 is 2.72 bits per heavy atom. The molecule has 0 saturated carbocycles. The fourth-order valence-corrected chi connectivity index (χ4v) is 4.31. The van der Waals surface area contributed by atoms with Crippen molar-refractivity contribution < 1.29 is 17.6 Å². The van der Waals surface area contributed by atoms with E-state index < -0.39 is 21.9 Å². The molecule has 25 heavy (non-hydrogen) atoms. The van der Waals surface area contributed by atoms with E-state index in [0.717, 1.165) is 12.0 Å². The zero-order chi connectivity index (χ0) is 18.0. The predicted octanol–water partition coefficient (Wildman–Crippen LogP) is 2.49. The van der Waals surface area contributed by atoms with E-state index in [1.807, 2.05) is 12.1 Å². The zero-order valence-corrected chi connectivity index (χ0v) is 14.6. The molecular formula is C18H19FN2O3S. The normalized spacial score (nSPS) is 14.1. The van der Waals surface area contributed by atoms with Crippen molar-refractivity contribution in [2.24, 2.45) is 0 Å². The Bertz CT molecular complexity index is 892. The second-order valence-electron chi connectivity index (χ2n) is 6.05. The first-order chi connectivity index (χ1) is 11.9. The van der Waals surface area contributed by atoms with Crippen LogP contribution in [0.3, 0.4) is 0 Å². The van der Waals surface area contributed by atoms with E-state index in [4.69, 9.17) is 0 Å². The number of para-hydroxylation sites is 1. The Morgan fingerprint density at radius 1 is 1.20 bits per heavy atom. The highest BCUT2D eigenvalue weighted by Gasteiger charge is 2.29. The van der Waals surface area contributed by atoms with Gasteiger partial charge < -0.3 is 0 Å². The highest BCUT2D eigenvalue weighted by molar-refractivity contribution is 7.91. The molecule has 3 rings (SSSR count). The molecule has 7 heteroatoms. The minimum absolute atomic E-state index is 0.203. The highest BCUT2D eigenvalue weighted by Crippen LogP contribution is 2.28. The number of carbonyl (C=O) groups excluding carboxylic acids is 1. The van der Waals surface area contributed by atoms with Crippen molar-refractivity contribution in [3.8, 4) is 0 Å². The van der Waals surface area contributed by atoms with Crippen LogP contribution in [-0.4, -0.2) is 20.9 Å². The number of hydrogen-bond acceptors (Lipinski definition) is 3. The number of anilines is 1. The maximum atomic E-state index is 13.9. The summed E-state index contributed by atoms with van der Waals surface area (Å²) in [7, 11) is -4.03. The summed E-state index contributed by atoms with van der Waals surface area (Å²) in [5.41, 5.74) is 2.32. The molecule has 0 unspecified atom stereocenters. The van der Waals surface area contributed by atoms with Crippen LogP contribution in [0.5, 0.6) is 0 Å². The summed E-state index contributed by atoms with van der Waals surface area (Å²) >= 11 is 0. The topological polar surface area (TPSA) is 66.5 Å². The number of nitrogens with zero attached hydrogens (tertiary/aromatic N) is 1. The van der Waals surface area contributed by atoms with Crippen molar-refractivity contribution in [3.63, 3.8) is 0 Å². The standard InChI is InChI=1S/C18H19FN2O3S/c1-13-6-4-9-16(19)15(13)12-18(22)20-25(23,24)21-11-5-8-14-7-2-3-10-17(14)21/h2-4,6-7,9-10H,5,8,11-12H2,1H3,(H,20,22). The Kier molecular flexibility index (Phi) is 4.76. The van der Waals surface area contributed by atoms with Gasteiger partial charge in [-0.15, -0.1) is 0 Å². The average Bonchev–Trinajstić information content (AvgIpc) is 2.57. The van der Waals surface area contributed by atoms with Crippen LogP contribution in [0.1, 0.15) is 23.1 Å². The van der Waals surface area contributed by atoms with Gasteiger partial charge in [0.1, 0.15) is 5.82 Å². The van der Waals surface area contributed by atoms with E-state index in [-0.39, 0.29) is 12.0 Å². The molecule has 5 nitrogen and oxygen atoms in total. The molecule has 2 aromatic rings. The number of rotatable bonds is 4. The van der Waals surface area contributed by atoms with Crippen LogP contribution in [0.4, 0.5) is 10.1 Å². The Hall–Kier alpha value is -2.41. The molecule has 1 amide bonds. The second-order valence-corrected chi connectivity index (χ2v) is 7.64. The number of benzene rings is 2. The lowest BCUT2D eigenvalue weighted by atomic mass is 10.0. The van der Waals surface area contributed by atoms with Crippen LogP contribution in [0.25, 0.3) is 0 Å². The molecule has 0 fully saturated rings. The van der Waals surface area contributed by atoms with Crippen molar-refractivity contribution in [2.45, 2.75) is 26.2 Å². The number of carbonyl (C=O) groups is 1. The van der Waals surface area contributed by atoms with Crippen LogP contribution in [0.15, 0.2) is 42.5 Å². The number of halogens is 1. The van der Waals surface area contributed by atoms with Crippen LogP contribution in [0.2, 0.25) is 0 Å². The Labute approximate surface area is 146 Å². The van der Waals surface area contributed by atoms with Crippen LogP contribution in [0, 0.1) is 12.7 Å². The maximum absolute atomic E-state index is 13.9. The lowest BCUT2D eigenvalue weighted by Crippen LogP contribution is -2.46. The van der Waals surface area contributed by atoms with Gasteiger partial charge in [-0.1, -0.05) is 30.3 Å². The molecule has 0 saturated heterocycles. The monoisotopic (exact) mass is 362 g/mol. The van der Waals surface area contributed by atoms with Gasteiger partial charge in [-0.3, -0.25) is 9.10 Å². The number of hydrogen-bond donors (Lipinski definition) is 1. The summed E-state index contributed by atoms with van der Waals surface area (Å²) in [6.07, 6.45) is 1.15. The molecule has 0 aliphatic carbocycles. The minimum atomic E-state index is -4.03. The second kappa shape index (κ2) is 6.84. The molecule has 0 radical (unpaired) electrons. The highest BCUT2D eigenvalue weighted by atomic mass is 32.2. The summed E-state index contributed by atoms with van der Waals surface area (Å²) < 4.78 is 42.4. The van der Waals surface area contributed by atoms with Crippen molar-refractivity contribution in [2.75, 3.05) is 10.8 Å². The number of aryl methyl sites for hydroxylation is 2.